The molecule has 1 aromatic rings. The first-order valence-electron chi connectivity index (χ1n) is 7.66. The summed E-state index contributed by atoms with van der Waals surface area (Å²) in [7, 11) is 0. The van der Waals surface area contributed by atoms with E-state index in [9.17, 15) is 0 Å². The summed E-state index contributed by atoms with van der Waals surface area (Å²) in [5.41, 5.74) is 2.90. The van der Waals surface area contributed by atoms with E-state index in [-0.39, 0.29) is 0 Å². The third-order valence-corrected chi connectivity index (χ3v) is 4.07. The first kappa shape index (κ1) is 14.5. The normalized spacial score (nSPS) is 20.3. The summed E-state index contributed by atoms with van der Waals surface area (Å²) in [6, 6.07) is 9.50. The van der Waals surface area contributed by atoms with Gasteiger partial charge >= 0.3 is 0 Å². The van der Waals surface area contributed by atoms with Crippen LogP contribution in [0.3, 0.4) is 0 Å². The lowest BCUT2D eigenvalue weighted by Gasteiger charge is -2.26. The molecule has 19 heavy (non-hydrogen) atoms. The van der Waals surface area contributed by atoms with Crippen LogP contribution in [-0.2, 0) is 6.54 Å². The molecule has 1 aliphatic rings. The maximum Gasteiger partial charge on any atom is 0.0239 e. The molecule has 1 aliphatic heterocycles. The first-order valence-corrected chi connectivity index (χ1v) is 7.66. The van der Waals surface area contributed by atoms with Crippen LogP contribution in [-0.4, -0.2) is 30.6 Å². The van der Waals surface area contributed by atoms with Crippen LogP contribution in [0.2, 0.25) is 0 Å². The molecule has 1 saturated heterocycles. The Labute approximate surface area is 118 Å². The van der Waals surface area contributed by atoms with Crippen molar-refractivity contribution in [2.75, 3.05) is 19.6 Å². The number of benzene rings is 1. The Bertz CT molecular complexity index is 387. The second-order valence-corrected chi connectivity index (χ2v) is 6.25. The standard InChI is InChI=1S/C17H28N2/c1-14(2)11-18-12-17-9-6-10-19(17)13-16-8-5-4-7-15(16)3/h4-5,7-8,14,17-18H,6,9-13H2,1-3H3. The molecule has 0 aliphatic carbocycles. The van der Waals surface area contributed by atoms with Crippen molar-refractivity contribution in [2.45, 2.75) is 46.2 Å². The highest BCUT2D eigenvalue weighted by molar-refractivity contribution is 5.25. The van der Waals surface area contributed by atoms with Crippen molar-refractivity contribution >= 4 is 0 Å². The lowest BCUT2D eigenvalue weighted by Crippen LogP contribution is -2.38. The second kappa shape index (κ2) is 7.06. The van der Waals surface area contributed by atoms with Gasteiger partial charge in [-0.15, -0.1) is 0 Å². The van der Waals surface area contributed by atoms with E-state index in [1.807, 2.05) is 0 Å². The Balaban J connectivity index is 1.87. The predicted molar refractivity (Wildman–Crippen MR) is 82.3 cm³/mol. The van der Waals surface area contributed by atoms with E-state index in [2.05, 4.69) is 55.3 Å². The minimum absolute atomic E-state index is 0.721. The molecule has 1 heterocycles. The molecule has 0 spiro atoms. The topological polar surface area (TPSA) is 15.3 Å². The van der Waals surface area contributed by atoms with E-state index in [0.29, 0.717) is 0 Å². The zero-order valence-electron chi connectivity index (χ0n) is 12.7. The van der Waals surface area contributed by atoms with Crippen molar-refractivity contribution < 1.29 is 0 Å². The van der Waals surface area contributed by atoms with Gasteiger partial charge in [0.05, 0.1) is 0 Å². The molecule has 2 nitrogen and oxygen atoms in total. The summed E-state index contributed by atoms with van der Waals surface area (Å²) in [6.07, 6.45) is 2.69. The number of hydrogen-bond acceptors (Lipinski definition) is 2. The average molecular weight is 260 g/mol. The summed E-state index contributed by atoms with van der Waals surface area (Å²) in [4.78, 5) is 2.65. The highest BCUT2D eigenvalue weighted by Crippen LogP contribution is 2.21. The Kier molecular flexibility index (Phi) is 5.41. The molecule has 1 unspecified atom stereocenters. The van der Waals surface area contributed by atoms with E-state index in [4.69, 9.17) is 0 Å². The zero-order valence-corrected chi connectivity index (χ0v) is 12.7. The summed E-state index contributed by atoms with van der Waals surface area (Å²) >= 11 is 0. The van der Waals surface area contributed by atoms with Gasteiger partial charge in [-0.2, -0.15) is 0 Å². The van der Waals surface area contributed by atoms with Crippen LogP contribution < -0.4 is 5.32 Å². The fourth-order valence-electron chi connectivity index (χ4n) is 2.88. The fraction of sp³-hybridized carbons (Fsp3) is 0.647. The molecule has 1 atom stereocenters. The monoisotopic (exact) mass is 260 g/mol. The van der Waals surface area contributed by atoms with Crippen LogP contribution in [0.15, 0.2) is 24.3 Å². The van der Waals surface area contributed by atoms with Gasteiger partial charge in [-0.1, -0.05) is 38.1 Å². The first-order chi connectivity index (χ1) is 9.16. The molecule has 0 saturated carbocycles. The third-order valence-electron chi connectivity index (χ3n) is 4.07. The predicted octanol–water partition coefficient (Wildman–Crippen LogP) is 3.21. The fourth-order valence-corrected chi connectivity index (χ4v) is 2.88. The van der Waals surface area contributed by atoms with E-state index in [1.54, 1.807) is 0 Å². The molecular weight excluding hydrogens is 232 g/mol. The highest BCUT2D eigenvalue weighted by Gasteiger charge is 2.24. The molecule has 0 bridgehead atoms. The number of likely N-dealkylation sites (tertiary alicyclic amines) is 1. The van der Waals surface area contributed by atoms with Gasteiger partial charge < -0.3 is 5.32 Å². The molecule has 0 radical (unpaired) electrons. The second-order valence-electron chi connectivity index (χ2n) is 6.25. The average Bonchev–Trinajstić information content (AvgIpc) is 2.79. The maximum absolute atomic E-state index is 3.62. The molecule has 2 rings (SSSR count). The van der Waals surface area contributed by atoms with E-state index in [0.717, 1.165) is 31.6 Å². The van der Waals surface area contributed by atoms with Crippen LogP contribution in [0, 0.1) is 12.8 Å². The number of rotatable bonds is 6. The molecule has 1 aromatic carbocycles. The summed E-state index contributed by atoms with van der Waals surface area (Å²) in [5.74, 6) is 0.742. The van der Waals surface area contributed by atoms with Crippen molar-refractivity contribution in [3.05, 3.63) is 35.4 Å². The van der Waals surface area contributed by atoms with Gasteiger partial charge in [0.1, 0.15) is 0 Å². The Morgan fingerprint density at radius 1 is 1.32 bits per heavy atom. The van der Waals surface area contributed by atoms with Crippen LogP contribution in [0.4, 0.5) is 0 Å². The van der Waals surface area contributed by atoms with E-state index < -0.39 is 0 Å². The third kappa shape index (κ3) is 4.32. The van der Waals surface area contributed by atoms with Gasteiger partial charge in [0.2, 0.25) is 0 Å². The Hall–Kier alpha value is -0.860. The highest BCUT2D eigenvalue weighted by atomic mass is 15.2. The van der Waals surface area contributed by atoms with Gasteiger partial charge in [0, 0.05) is 19.1 Å². The zero-order chi connectivity index (χ0) is 13.7. The molecule has 0 aromatic heterocycles. The van der Waals surface area contributed by atoms with Gasteiger partial charge in [0.15, 0.2) is 0 Å². The van der Waals surface area contributed by atoms with Gasteiger partial charge in [-0.05, 0) is 49.9 Å². The van der Waals surface area contributed by atoms with Gasteiger partial charge in [0.25, 0.3) is 0 Å². The van der Waals surface area contributed by atoms with Gasteiger partial charge in [-0.25, -0.2) is 0 Å². The van der Waals surface area contributed by atoms with Crippen LogP contribution in [0.1, 0.15) is 37.8 Å². The molecular formula is C17H28N2. The van der Waals surface area contributed by atoms with Crippen molar-refractivity contribution in [3.8, 4) is 0 Å². The molecule has 1 fully saturated rings. The lowest BCUT2D eigenvalue weighted by molar-refractivity contribution is 0.237. The largest absolute Gasteiger partial charge is 0.315 e. The molecule has 1 N–H and O–H groups in total. The quantitative estimate of drug-likeness (QED) is 0.845. The number of nitrogens with zero attached hydrogens (tertiary/aromatic N) is 1. The van der Waals surface area contributed by atoms with Crippen molar-refractivity contribution in [1.29, 1.82) is 0 Å². The minimum atomic E-state index is 0.721. The van der Waals surface area contributed by atoms with Crippen LogP contribution in [0.25, 0.3) is 0 Å². The number of hydrogen-bond donors (Lipinski definition) is 1. The Morgan fingerprint density at radius 2 is 2.11 bits per heavy atom. The van der Waals surface area contributed by atoms with E-state index in [1.165, 1.54) is 30.5 Å². The van der Waals surface area contributed by atoms with E-state index >= 15 is 0 Å². The SMILES string of the molecule is Cc1ccccc1CN1CCCC1CNCC(C)C. The maximum atomic E-state index is 3.62. The molecule has 106 valence electrons. The summed E-state index contributed by atoms with van der Waals surface area (Å²) in [5, 5.41) is 3.62. The smallest absolute Gasteiger partial charge is 0.0239 e. The Morgan fingerprint density at radius 3 is 2.84 bits per heavy atom. The van der Waals surface area contributed by atoms with Crippen LogP contribution in [0.5, 0.6) is 0 Å². The van der Waals surface area contributed by atoms with Crippen molar-refractivity contribution in [3.63, 3.8) is 0 Å². The van der Waals surface area contributed by atoms with Crippen molar-refractivity contribution in [1.82, 2.24) is 10.2 Å². The van der Waals surface area contributed by atoms with Crippen molar-refractivity contribution in [2.24, 2.45) is 5.92 Å². The van der Waals surface area contributed by atoms with Gasteiger partial charge in [-0.3, -0.25) is 4.90 Å². The minimum Gasteiger partial charge on any atom is -0.315 e. The lowest BCUT2D eigenvalue weighted by atomic mass is 10.1. The molecule has 0 amide bonds. The summed E-state index contributed by atoms with van der Waals surface area (Å²) in [6.45, 7) is 11.4. The summed E-state index contributed by atoms with van der Waals surface area (Å²) < 4.78 is 0. The number of nitrogens with one attached hydrogen (secondary N) is 1. The van der Waals surface area contributed by atoms with Crippen LogP contribution >= 0.6 is 0 Å². The number of aryl methyl sites for hydroxylation is 1. The molecule has 2 heteroatoms.